The zero-order chi connectivity index (χ0) is 13.4. The molecule has 18 heavy (non-hydrogen) atoms. The number of nitrogens with zero attached hydrogens (tertiary/aromatic N) is 1. The van der Waals surface area contributed by atoms with Crippen LogP contribution in [0.5, 0.6) is 0 Å². The first-order valence-corrected chi connectivity index (χ1v) is 8.25. The molecule has 0 amide bonds. The van der Waals surface area contributed by atoms with Crippen LogP contribution in [0.1, 0.15) is 19.5 Å². The van der Waals surface area contributed by atoms with Gasteiger partial charge in [0.25, 0.3) is 0 Å². The molecule has 0 saturated carbocycles. The van der Waals surface area contributed by atoms with Crippen molar-refractivity contribution in [3.8, 4) is 0 Å². The summed E-state index contributed by atoms with van der Waals surface area (Å²) >= 11 is 3.38. The van der Waals surface area contributed by atoms with Crippen molar-refractivity contribution in [2.24, 2.45) is 5.92 Å². The smallest absolute Gasteiger partial charge is 0.311 e. The fraction of sp³-hybridized carbons (Fsp3) is 0.667. The summed E-state index contributed by atoms with van der Waals surface area (Å²) in [6.45, 7) is 5.34. The Morgan fingerprint density at radius 2 is 2.44 bits per heavy atom. The zero-order valence-electron chi connectivity index (χ0n) is 11.1. The molecule has 1 N–H and O–H groups in total. The van der Waals surface area contributed by atoms with E-state index in [2.05, 4.69) is 23.5 Å². The quantitative estimate of drug-likeness (QED) is 0.745. The molecule has 1 atom stereocenters. The average Bonchev–Trinajstić information content (AvgIpc) is 2.75. The minimum absolute atomic E-state index is 0.217. The van der Waals surface area contributed by atoms with Gasteiger partial charge in [0.15, 0.2) is 5.13 Å². The van der Waals surface area contributed by atoms with Crippen molar-refractivity contribution in [1.29, 1.82) is 0 Å². The number of nitrogens with one attached hydrogen (secondary N) is 1. The van der Waals surface area contributed by atoms with E-state index < -0.39 is 0 Å². The predicted molar refractivity (Wildman–Crippen MR) is 78.5 cm³/mol. The molecule has 0 aliphatic carbocycles. The van der Waals surface area contributed by atoms with Gasteiger partial charge >= 0.3 is 5.97 Å². The molecular weight excluding hydrogens is 268 g/mol. The average molecular weight is 288 g/mol. The second-order valence-corrected chi connectivity index (χ2v) is 5.84. The highest BCUT2D eigenvalue weighted by Gasteiger charge is 2.09. The van der Waals surface area contributed by atoms with Crippen LogP contribution in [-0.4, -0.2) is 36.1 Å². The maximum atomic E-state index is 11.3. The number of aromatic nitrogens is 1. The topological polar surface area (TPSA) is 51.2 Å². The molecule has 1 unspecified atom stereocenters. The molecule has 0 saturated heterocycles. The van der Waals surface area contributed by atoms with Gasteiger partial charge in [-0.2, -0.15) is 11.8 Å². The Balaban J connectivity index is 2.36. The van der Waals surface area contributed by atoms with Gasteiger partial charge in [-0.1, -0.05) is 6.92 Å². The summed E-state index contributed by atoms with van der Waals surface area (Å²) in [6, 6.07) is 0. The first-order chi connectivity index (χ1) is 8.65. The molecule has 1 aromatic rings. The van der Waals surface area contributed by atoms with Gasteiger partial charge in [0.1, 0.15) is 0 Å². The van der Waals surface area contributed by atoms with Crippen LogP contribution in [0.25, 0.3) is 0 Å². The van der Waals surface area contributed by atoms with Gasteiger partial charge in [-0.05, 0) is 24.9 Å². The third-order valence-electron chi connectivity index (χ3n) is 2.24. The van der Waals surface area contributed by atoms with Crippen molar-refractivity contribution in [2.75, 3.05) is 30.5 Å². The van der Waals surface area contributed by atoms with E-state index in [1.165, 1.54) is 11.3 Å². The summed E-state index contributed by atoms with van der Waals surface area (Å²) in [5.74, 6) is 1.52. The maximum Gasteiger partial charge on any atom is 0.311 e. The number of hydrogen-bond acceptors (Lipinski definition) is 6. The lowest BCUT2D eigenvalue weighted by Gasteiger charge is -2.09. The number of anilines is 1. The Kier molecular flexibility index (Phi) is 7.12. The predicted octanol–water partition coefficient (Wildman–Crippen LogP) is 2.66. The van der Waals surface area contributed by atoms with Crippen LogP contribution < -0.4 is 5.32 Å². The molecule has 0 aliphatic heterocycles. The Morgan fingerprint density at radius 3 is 3.11 bits per heavy atom. The Morgan fingerprint density at radius 1 is 1.67 bits per heavy atom. The standard InChI is InChI=1S/C12H20N2O2S2/c1-4-16-11(15)5-10-8-18-12(14-10)13-6-9(2)7-17-3/h8-9H,4-7H2,1-3H3,(H,13,14). The van der Waals surface area contributed by atoms with Gasteiger partial charge in [-0.15, -0.1) is 11.3 Å². The minimum atomic E-state index is -0.217. The third kappa shape index (κ3) is 5.73. The van der Waals surface area contributed by atoms with Crippen LogP contribution >= 0.6 is 23.1 Å². The van der Waals surface area contributed by atoms with Crippen molar-refractivity contribution in [1.82, 2.24) is 4.98 Å². The van der Waals surface area contributed by atoms with Crippen LogP contribution in [0.15, 0.2) is 5.38 Å². The van der Waals surface area contributed by atoms with Gasteiger partial charge < -0.3 is 10.1 Å². The van der Waals surface area contributed by atoms with E-state index in [-0.39, 0.29) is 12.4 Å². The van der Waals surface area contributed by atoms with E-state index in [1.807, 2.05) is 17.1 Å². The van der Waals surface area contributed by atoms with Crippen molar-refractivity contribution in [3.05, 3.63) is 11.1 Å². The van der Waals surface area contributed by atoms with Gasteiger partial charge in [0.05, 0.1) is 18.7 Å². The summed E-state index contributed by atoms with van der Waals surface area (Å²) < 4.78 is 4.89. The number of hydrogen-bond donors (Lipinski definition) is 1. The van der Waals surface area contributed by atoms with Crippen molar-refractivity contribution in [3.63, 3.8) is 0 Å². The second kappa shape index (κ2) is 8.37. The lowest BCUT2D eigenvalue weighted by molar-refractivity contribution is -0.142. The molecule has 0 spiro atoms. The van der Waals surface area contributed by atoms with Gasteiger partial charge in [0, 0.05) is 11.9 Å². The van der Waals surface area contributed by atoms with E-state index >= 15 is 0 Å². The maximum absolute atomic E-state index is 11.3. The largest absolute Gasteiger partial charge is 0.466 e. The van der Waals surface area contributed by atoms with Crippen LogP contribution in [0.2, 0.25) is 0 Å². The normalized spacial score (nSPS) is 12.2. The molecule has 4 nitrogen and oxygen atoms in total. The molecule has 1 heterocycles. The summed E-state index contributed by atoms with van der Waals surface area (Å²) in [5, 5.41) is 6.08. The SMILES string of the molecule is CCOC(=O)Cc1csc(NCC(C)CSC)n1. The molecule has 0 fully saturated rings. The van der Waals surface area contributed by atoms with Gasteiger partial charge in [-0.3, -0.25) is 4.79 Å². The summed E-state index contributed by atoms with van der Waals surface area (Å²) in [7, 11) is 0. The second-order valence-electron chi connectivity index (χ2n) is 4.07. The lowest BCUT2D eigenvalue weighted by atomic mass is 10.2. The lowest BCUT2D eigenvalue weighted by Crippen LogP contribution is -2.13. The van der Waals surface area contributed by atoms with E-state index in [0.29, 0.717) is 12.5 Å². The Labute approximate surface area is 117 Å². The number of carbonyl (C=O) groups is 1. The zero-order valence-corrected chi connectivity index (χ0v) is 12.7. The molecule has 102 valence electrons. The first-order valence-electron chi connectivity index (χ1n) is 5.98. The monoisotopic (exact) mass is 288 g/mol. The number of rotatable bonds is 8. The Hall–Kier alpha value is -0.750. The van der Waals surface area contributed by atoms with Crippen LogP contribution in [0, 0.1) is 5.92 Å². The molecule has 0 radical (unpaired) electrons. The number of carbonyl (C=O) groups excluding carboxylic acids is 1. The van der Waals surface area contributed by atoms with E-state index in [4.69, 9.17) is 4.74 Å². The molecule has 1 rings (SSSR count). The van der Waals surface area contributed by atoms with Crippen LogP contribution in [0.3, 0.4) is 0 Å². The molecular formula is C12H20N2O2S2. The van der Waals surface area contributed by atoms with Crippen LogP contribution in [-0.2, 0) is 16.0 Å². The molecule has 0 aliphatic rings. The van der Waals surface area contributed by atoms with Crippen molar-refractivity contribution in [2.45, 2.75) is 20.3 Å². The molecule has 6 heteroatoms. The fourth-order valence-electron chi connectivity index (χ4n) is 1.43. The summed E-state index contributed by atoms with van der Waals surface area (Å²) in [4.78, 5) is 15.7. The molecule has 0 aromatic carbocycles. The van der Waals surface area contributed by atoms with Crippen LogP contribution in [0.4, 0.5) is 5.13 Å². The minimum Gasteiger partial charge on any atom is -0.466 e. The number of ether oxygens (including phenoxy) is 1. The number of thioether (sulfide) groups is 1. The number of thiazole rings is 1. The highest BCUT2D eigenvalue weighted by molar-refractivity contribution is 7.98. The fourth-order valence-corrected chi connectivity index (χ4v) is 2.84. The van der Waals surface area contributed by atoms with Gasteiger partial charge in [0.2, 0.25) is 0 Å². The Bertz CT molecular complexity index is 369. The van der Waals surface area contributed by atoms with Crippen molar-refractivity contribution < 1.29 is 9.53 Å². The summed E-state index contributed by atoms with van der Waals surface area (Å²) in [6.07, 6.45) is 2.36. The first kappa shape index (κ1) is 15.3. The third-order valence-corrected chi connectivity index (χ3v) is 3.99. The van der Waals surface area contributed by atoms with E-state index in [9.17, 15) is 4.79 Å². The summed E-state index contributed by atoms with van der Waals surface area (Å²) in [5.41, 5.74) is 0.776. The van der Waals surface area contributed by atoms with Gasteiger partial charge in [-0.25, -0.2) is 4.98 Å². The van der Waals surface area contributed by atoms with Crippen molar-refractivity contribution >= 4 is 34.2 Å². The molecule has 0 bridgehead atoms. The van der Waals surface area contributed by atoms with E-state index in [0.717, 1.165) is 23.1 Å². The number of esters is 1. The molecule has 1 aromatic heterocycles. The van der Waals surface area contributed by atoms with E-state index in [1.54, 1.807) is 6.92 Å². The highest BCUT2D eigenvalue weighted by atomic mass is 32.2. The highest BCUT2D eigenvalue weighted by Crippen LogP contribution is 2.17.